The normalized spacial score (nSPS) is 12.7. The Kier molecular flexibility index (Phi) is 2.95. The number of nitrogens with two attached hydrogens (primary N) is 1. The minimum absolute atomic E-state index is 0.00331. The van der Waals surface area contributed by atoms with Gasteiger partial charge < -0.3 is 10.3 Å². The standard InChI is InChI=1S/C11H7F5N2O/c12-10(13,11(14,15)16)7-3-1-2-6(4-7)9-8(17)5-18-19-9/h1-5H,17H2. The average Bonchev–Trinajstić information content (AvgIpc) is 2.74. The van der Waals surface area contributed by atoms with E-state index in [2.05, 4.69) is 5.16 Å². The monoisotopic (exact) mass is 278 g/mol. The maximum Gasteiger partial charge on any atom is 0.458 e. The molecule has 0 bridgehead atoms. The van der Waals surface area contributed by atoms with Crippen molar-refractivity contribution in [2.75, 3.05) is 5.73 Å². The summed E-state index contributed by atoms with van der Waals surface area (Å²) in [5, 5.41) is 3.33. The van der Waals surface area contributed by atoms with Gasteiger partial charge in [0.1, 0.15) is 5.69 Å². The number of aromatic nitrogens is 1. The molecule has 0 unspecified atom stereocenters. The molecule has 0 aliphatic carbocycles. The van der Waals surface area contributed by atoms with Crippen LogP contribution in [0.2, 0.25) is 0 Å². The van der Waals surface area contributed by atoms with E-state index in [-0.39, 0.29) is 17.0 Å². The fourth-order valence-electron chi connectivity index (χ4n) is 1.49. The summed E-state index contributed by atoms with van der Waals surface area (Å²) >= 11 is 0. The zero-order valence-corrected chi connectivity index (χ0v) is 9.21. The van der Waals surface area contributed by atoms with Crippen molar-refractivity contribution in [1.82, 2.24) is 5.16 Å². The first kappa shape index (κ1) is 13.3. The number of nitrogens with zero attached hydrogens (tertiary/aromatic N) is 1. The fourth-order valence-corrected chi connectivity index (χ4v) is 1.49. The van der Waals surface area contributed by atoms with Gasteiger partial charge in [0.15, 0.2) is 5.76 Å². The van der Waals surface area contributed by atoms with E-state index in [1.807, 2.05) is 0 Å². The maximum atomic E-state index is 13.2. The zero-order chi connectivity index (χ0) is 14.3. The van der Waals surface area contributed by atoms with Crippen LogP contribution in [0.3, 0.4) is 0 Å². The summed E-state index contributed by atoms with van der Waals surface area (Å²) in [6.45, 7) is 0. The molecular weight excluding hydrogens is 271 g/mol. The van der Waals surface area contributed by atoms with Crippen LogP contribution in [-0.4, -0.2) is 11.3 Å². The molecule has 1 heterocycles. The molecule has 1 aromatic heterocycles. The van der Waals surface area contributed by atoms with Crippen LogP contribution >= 0.6 is 0 Å². The van der Waals surface area contributed by atoms with Crippen molar-refractivity contribution in [1.29, 1.82) is 0 Å². The Bertz CT molecular complexity index is 591. The van der Waals surface area contributed by atoms with Crippen LogP contribution in [0.4, 0.5) is 27.6 Å². The van der Waals surface area contributed by atoms with Crippen LogP contribution in [0.15, 0.2) is 35.0 Å². The van der Waals surface area contributed by atoms with Crippen molar-refractivity contribution in [3.05, 3.63) is 36.0 Å². The van der Waals surface area contributed by atoms with Crippen molar-refractivity contribution in [3.63, 3.8) is 0 Å². The molecule has 19 heavy (non-hydrogen) atoms. The molecule has 0 fully saturated rings. The van der Waals surface area contributed by atoms with Gasteiger partial charge in [0, 0.05) is 11.1 Å². The Hall–Kier alpha value is -2.12. The van der Waals surface area contributed by atoms with Crippen molar-refractivity contribution < 1.29 is 26.5 Å². The molecule has 8 heteroatoms. The third kappa shape index (κ3) is 2.25. The molecule has 3 nitrogen and oxygen atoms in total. The van der Waals surface area contributed by atoms with E-state index < -0.39 is 17.7 Å². The lowest BCUT2D eigenvalue weighted by Gasteiger charge is -2.20. The van der Waals surface area contributed by atoms with Gasteiger partial charge in [-0.15, -0.1) is 0 Å². The van der Waals surface area contributed by atoms with Crippen molar-refractivity contribution in [2.45, 2.75) is 12.1 Å². The zero-order valence-electron chi connectivity index (χ0n) is 9.21. The molecule has 0 amide bonds. The Labute approximate surface area is 103 Å². The van der Waals surface area contributed by atoms with Gasteiger partial charge in [-0.2, -0.15) is 22.0 Å². The second kappa shape index (κ2) is 4.22. The number of rotatable bonds is 2. The summed E-state index contributed by atoms with van der Waals surface area (Å²) < 4.78 is 67.9. The largest absolute Gasteiger partial charge is 0.458 e. The van der Waals surface area contributed by atoms with Gasteiger partial charge in [0.05, 0.1) is 6.20 Å². The third-order valence-electron chi connectivity index (χ3n) is 2.44. The Morgan fingerprint density at radius 3 is 2.32 bits per heavy atom. The quantitative estimate of drug-likeness (QED) is 0.854. The number of alkyl halides is 5. The van der Waals surface area contributed by atoms with Gasteiger partial charge in [0.2, 0.25) is 0 Å². The van der Waals surface area contributed by atoms with Gasteiger partial charge in [-0.3, -0.25) is 0 Å². The molecule has 0 radical (unpaired) electrons. The second-order valence-corrected chi connectivity index (χ2v) is 3.76. The molecule has 0 aliphatic rings. The van der Waals surface area contributed by atoms with Crippen molar-refractivity contribution in [3.8, 4) is 11.3 Å². The van der Waals surface area contributed by atoms with Gasteiger partial charge in [-0.25, -0.2) is 0 Å². The van der Waals surface area contributed by atoms with Crippen LogP contribution in [0.1, 0.15) is 5.56 Å². The Morgan fingerprint density at radius 2 is 1.79 bits per heavy atom. The van der Waals surface area contributed by atoms with Crippen molar-refractivity contribution >= 4 is 5.69 Å². The number of hydrogen-bond donors (Lipinski definition) is 1. The van der Waals surface area contributed by atoms with E-state index in [0.717, 1.165) is 12.3 Å². The molecule has 2 N–H and O–H groups in total. The average molecular weight is 278 g/mol. The van der Waals surface area contributed by atoms with E-state index in [0.29, 0.717) is 12.1 Å². The molecule has 2 aromatic rings. The van der Waals surface area contributed by atoms with Gasteiger partial charge in [-0.1, -0.05) is 23.4 Å². The van der Waals surface area contributed by atoms with Gasteiger partial charge in [0.25, 0.3) is 0 Å². The predicted molar refractivity (Wildman–Crippen MR) is 56.3 cm³/mol. The lowest BCUT2D eigenvalue weighted by atomic mass is 10.0. The van der Waals surface area contributed by atoms with Crippen LogP contribution in [0.25, 0.3) is 11.3 Å². The minimum atomic E-state index is -5.67. The molecule has 102 valence electrons. The van der Waals surface area contributed by atoms with Crippen LogP contribution in [0.5, 0.6) is 0 Å². The van der Waals surface area contributed by atoms with Crippen molar-refractivity contribution in [2.24, 2.45) is 0 Å². The summed E-state index contributed by atoms with van der Waals surface area (Å²) in [6, 6.07) is 3.72. The van der Waals surface area contributed by atoms with Gasteiger partial charge in [-0.05, 0) is 6.07 Å². The predicted octanol–water partition coefficient (Wildman–Crippen LogP) is 3.58. The SMILES string of the molecule is Nc1cnoc1-c1cccc(C(F)(F)C(F)(F)F)c1. The first-order valence-electron chi connectivity index (χ1n) is 4.99. The lowest BCUT2D eigenvalue weighted by Crippen LogP contribution is -2.33. The summed E-state index contributed by atoms with van der Waals surface area (Å²) in [6.07, 6.45) is -4.54. The van der Waals surface area contributed by atoms with Gasteiger partial charge >= 0.3 is 12.1 Å². The highest BCUT2D eigenvalue weighted by Gasteiger charge is 2.58. The number of halogens is 5. The highest BCUT2D eigenvalue weighted by atomic mass is 19.4. The maximum absolute atomic E-state index is 13.2. The lowest BCUT2D eigenvalue weighted by molar-refractivity contribution is -0.289. The first-order valence-corrected chi connectivity index (χ1v) is 4.99. The van der Waals surface area contributed by atoms with E-state index in [1.54, 1.807) is 0 Å². The summed E-state index contributed by atoms with van der Waals surface area (Å²) in [7, 11) is 0. The molecule has 0 atom stereocenters. The number of benzene rings is 1. The van der Waals surface area contributed by atoms with E-state index in [1.165, 1.54) is 6.07 Å². The summed E-state index contributed by atoms with van der Waals surface area (Å²) in [5.41, 5.74) is 4.31. The molecule has 0 spiro atoms. The van der Waals surface area contributed by atoms with E-state index in [4.69, 9.17) is 10.3 Å². The van der Waals surface area contributed by atoms with E-state index in [9.17, 15) is 22.0 Å². The fraction of sp³-hybridized carbons (Fsp3) is 0.182. The van der Waals surface area contributed by atoms with Crippen LogP contribution in [-0.2, 0) is 5.92 Å². The Balaban J connectivity index is 2.49. The van der Waals surface area contributed by atoms with E-state index >= 15 is 0 Å². The third-order valence-corrected chi connectivity index (χ3v) is 2.44. The van der Waals surface area contributed by atoms with Crippen LogP contribution in [0, 0.1) is 0 Å². The molecular formula is C11H7F5N2O. The highest BCUT2D eigenvalue weighted by molar-refractivity contribution is 5.70. The molecule has 0 saturated heterocycles. The topological polar surface area (TPSA) is 52.0 Å². The van der Waals surface area contributed by atoms with Crippen LogP contribution < -0.4 is 5.73 Å². The molecule has 0 saturated carbocycles. The highest BCUT2D eigenvalue weighted by Crippen LogP contribution is 2.44. The first-order chi connectivity index (χ1) is 8.73. The number of nitrogen functional groups attached to an aromatic ring is 1. The summed E-state index contributed by atoms with van der Waals surface area (Å²) in [4.78, 5) is 0. The molecule has 0 aliphatic heterocycles. The summed E-state index contributed by atoms with van der Waals surface area (Å²) in [5.74, 6) is -5.00. The number of hydrogen-bond acceptors (Lipinski definition) is 3. The number of anilines is 1. The second-order valence-electron chi connectivity index (χ2n) is 3.76. The molecule has 2 rings (SSSR count). The molecule has 1 aromatic carbocycles. The smallest absolute Gasteiger partial charge is 0.394 e. The minimum Gasteiger partial charge on any atom is -0.394 e. The Morgan fingerprint density at radius 1 is 1.11 bits per heavy atom.